The van der Waals surface area contributed by atoms with Gasteiger partial charge in [0.1, 0.15) is 5.82 Å². The van der Waals surface area contributed by atoms with Crippen molar-refractivity contribution in [3.63, 3.8) is 0 Å². The zero-order valence-electron chi connectivity index (χ0n) is 11.7. The van der Waals surface area contributed by atoms with E-state index in [9.17, 15) is 0 Å². The van der Waals surface area contributed by atoms with Gasteiger partial charge in [-0.15, -0.1) is 0 Å². The molecule has 1 atom stereocenters. The van der Waals surface area contributed by atoms with Crippen molar-refractivity contribution in [1.29, 1.82) is 0 Å². The van der Waals surface area contributed by atoms with Gasteiger partial charge in [-0.2, -0.15) is 5.10 Å². The Hall–Kier alpha value is -1.07. The van der Waals surface area contributed by atoms with Crippen LogP contribution in [0.3, 0.4) is 0 Å². The summed E-state index contributed by atoms with van der Waals surface area (Å²) in [4.78, 5) is 5.27. The second-order valence-electron chi connectivity index (χ2n) is 5.84. The van der Waals surface area contributed by atoms with Gasteiger partial charge in [-0.25, -0.2) is 0 Å². The highest BCUT2D eigenvalue weighted by Gasteiger charge is 2.27. The van der Waals surface area contributed by atoms with Crippen LogP contribution in [-0.2, 0) is 6.54 Å². The number of rotatable bonds is 4. The smallest absolute Gasteiger partial charge is 0.145 e. The largest absolute Gasteiger partial charge is 0.382 e. The molecule has 0 bridgehead atoms. The lowest BCUT2D eigenvalue weighted by Crippen LogP contribution is -2.41. The molecule has 2 fully saturated rings. The summed E-state index contributed by atoms with van der Waals surface area (Å²) in [5.74, 6) is 0.618. The minimum atomic E-state index is 0.618. The van der Waals surface area contributed by atoms with E-state index in [4.69, 9.17) is 5.73 Å². The molecular weight excluding hydrogens is 238 g/mol. The predicted octanol–water partition coefficient (Wildman–Crippen LogP) is 1.03. The average Bonchev–Trinajstić information content (AvgIpc) is 3.06. The summed E-state index contributed by atoms with van der Waals surface area (Å²) < 4.78 is 1.95. The van der Waals surface area contributed by atoms with E-state index in [-0.39, 0.29) is 0 Å². The Morgan fingerprint density at radius 3 is 2.74 bits per heavy atom. The number of likely N-dealkylation sites (tertiary alicyclic amines) is 2. The maximum atomic E-state index is 5.63. The van der Waals surface area contributed by atoms with E-state index >= 15 is 0 Å². The number of hydrogen-bond donors (Lipinski definition) is 1. The van der Waals surface area contributed by atoms with Gasteiger partial charge in [0.2, 0.25) is 0 Å². The molecule has 2 aliphatic heterocycles. The second kappa shape index (κ2) is 5.92. The van der Waals surface area contributed by atoms with Crippen molar-refractivity contribution in [1.82, 2.24) is 19.6 Å². The van der Waals surface area contributed by atoms with E-state index in [2.05, 4.69) is 14.9 Å². The quantitative estimate of drug-likeness (QED) is 0.881. The number of piperidine rings is 1. The lowest BCUT2D eigenvalue weighted by molar-refractivity contribution is 0.161. The molecule has 0 aromatic carbocycles. The molecule has 0 saturated carbocycles. The summed E-state index contributed by atoms with van der Waals surface area (Å²) in [5.41, 5.74) is 5.63. The van der Waals surface area contributed by atoms with Crippen LogP contribution in [-0.4, -0.2) is 58.3 Å². The number of aromatic nitrogens is 2. The highest BCUT2D eigenvalue weighted by molar-refractivity contribution is 5.23. The molecule has 1 aromatic rings. The van der Waals surface area contributed by atoms with Crippen molar-refractivity contribution < 1.29 is 0 Å². The molecule has 5 heteroatoms. The normalized spacial score (nSPS) is 26.0. The number of hydrogen-bond acceptors (Lipinski definition) is 4. The Labute approximate surface area is 115 Å². The molecule has 1 unspecified atom stereocenters. The molecule has 19 heavy (non-hydrogen) atoms. The Balaban J connectivity index is 1.43. The summed E-state index contributed by atoms with van der Waals surface area (Å²) in [6.45, 7) is 7.13. The fourth-order valence-electron chi connectivity index (χ4n) is 3.34. The van der Waals surface area contributed by atoms with Gasteiger partial charge in [0.05, 0.1) is 6.54 Å². The van der Waals surface area contributed by atoms with Crippen LogP contribution in [0.4, 0.5) is 5.82 Å². The Morgan fingerprint density at radius 1 is 1.16 bits per heavy atom. The molecule has 0 aliphatic carbocycles. The Morgan fingerprint density at radius 2 is 2.00 bits per heavy atom. The van der Waals surface area contributed by atoms with Crippen molar-refractivity contribution in [2.24, 2.45) is 0 Å². The highest BCUT2D eigenvalue weighted by Crippen LogP contribution is 2.19. The van der Waals surface area contributed by atoms with Gasteiger partial charge in [0.15, 0.2) is 0 Å². The minimum Gasteiger partial charge on any atom is -0.382 e. The summed E-state index contributed by atoms with van der Waals surface area (Å²) in [6.07, 6.45) is 7.51. The maximum Gasteiger partial charge on any atom is 0.145 e. The first-order valence-electron chi connectivity index (χ1n) is 7.56. The summed E-state index contributed by atoms with van der Waals surface area (Å²) in [7, 11) is 0. The van der Waals surface area contributed by atoms with Gasteiger partial charge in [-0.1, -0.05) is 6.42 Å². The van der Waals surface area contributed by atoms with Crippen molar-refractivity contribution in [2.75, 3.05) is 38.5 Å². The van der Waals surface area contributed by atoms with Crippen LogP contribution < -0.4 is 5.73 Å². The molecule has 2 N–H and O–H groups in total. The van der Waals surface area contributed by atoms with Gasteiger partial charge < -0.3 is 5.73 Å². The van der Waals surface area contributed by atoms with E-state index in [0.717, 1.165) is 19.1 Å². The summed E-state index contributed by atoms with van der Waals surface area (Å²) in [5, 5.41) is 4.24. The van der Waals surface area contributed by atoms with Crippen LogP contribution in [0.1, 0.15) is 25.7 Å². The zero-order chi connectivity index (χ0) is 13.1. The first-order valence-corrected chi connectivity index (χ1v) is 7.56. The third kappa shape index (κ3) is 3.28. The molecule has 106 valence electrons. The first-order chi connectivity index (χ1) is 9.31. The monoisotopic (exact) mass is 263 g/mol. The van der Waals surface area contributed by atoms with E-state index in [1.54, 1.807) is 0 Å². The van der Waals surface area contributed by atoms with Crippen LogP contribution in [0.2, 0.25) is 0 Å². The van der Waals surface area contributed by atoms with Gasteiger partial charge in [-0.3, -0.25) is 14.5 Å². The second-order valence-corrected chi connectivity index (χ2v) is 5.84. The van der Waals surface area contributed by atoms with Crippen molar-refractivity contribution in [3.05, 3.63) is 12.3 Å². The number of anilines is 1. The van der Waals surface area contributed by atoms with Crippen molar-refractivity contribution >= 4 is 5.82 Å². The Bertz CT molecular complexity index is 396. The van der Waals surface area contributed by atoms with E-state index in [1.165, 1.54) is 51.9 Å². The molecule has 2 aliphatic rings. The molecule has 0 radical (unpaired) electrons. The predicted molar refractivity (Wildman–Crippen MR) is 76.9 cm³/mol. The molecule has 3 rings (SSSR count). The third-order valence-corrected chi connectivity index (χ3v) is 4.46. The number of nitrogen functional groups attached to an aromatic ring is 1. The van der Waals surface area contributed by atoms with E-state index in [0.29, 0.717) is 5.82 Å². The van der Waals surface area contributed by atoms with Crippen LogP contribution in [0, 0.1) is 0 Å². The standard InChI is InChI=1S/C14H25N5/c15-14-5-9-19(16-14)11-10-17-8-4-13(12-17)18-6-2-1-3-7-18/h5,9,13H,1-4,6-8,10-12H2,(H2,15,16). The Kier molecular flexibility index (Phi) is 4.03. The lowest BCUT2D eigenvalue weighted by atomic mass is 10.1. The van der Waals surface area contributed by atoms with Gasteiger partial charge >= 0.3 is 0 Å². The van der Waals surface area contributed by atoms with Crippen LogP contribution in [0.5, 0.6) is 0 Å². The van der Waals surface area contributed by atoms with Crippen molar-refractivity contribution in [2.45, 2.75) is 38.3 Å². The number of nitrogens with two attached hydrogens (primary N) is 1. The molecule has 0 amide bonds. The zero-order valence-corrected chi connectivity index (χ0v) is 11.7. The van der Waals surface area contributed by atoms with Crippen LogP contribution in [0.15, 0.2) is 12.3 Å². The maximum absolute atomic E-state index is 5.63. The molecule has 5 nitrogen and oxygen atoms in total. The summed E-state index contributed by atoms with van der Waals surface area (Å²) >= 11 is 0. The average molecular weight is 263 g/mol. The molecule has 2 saturated heterocycles. The van der Waals surface area contributed by atoms with Crippen LogP contribution in [0.25, 0.3) is 0 Å². The van der Waals surface area contributed by atoms with Crippen molar-refractivity contribution in [3.8, 4) is 0 Å². The molecule has 0 spiro atoms. The fourth-order valence-corrected chi connectivity index (χ4v) is 3.34. The SMILES string of the molecule is Nc1ccn(CCN2CCC(N3CCCCC3)C2)n1. The topological polar surface area (TPSA) is 50.3 Å². The summed E-state index contributed by atoms with van der Waals surface area (Å²) in [6, 6.07) is 2.66. The minimum absolute atomic E-state index is 0.618. The fraction of sp³-hybridized carbons (Fsp3) is 0.786. The molecular formula is C14H25N5. The lowest BCUT2D eigenvalue weighted by Gasteiger charge is -2.32. The molecule has 1 aromatic heterocycles. The van der Waals surface area contributed by atoms with Gasteiger partial charge in [0.25, 0.3) is 0 Å². The number of nitrogens with zero attached hydrogens (tertiary/aromatic N) is 4. The van der Waals surface area contributed by atoms with Crippen LogP contribution >= 0.6 is 0 Å². The third-order valence-electron chi connectivity index (χ3n) is 4.46. The van der Waals surface area contributed by atoms with Gasteiger partial charge in [-0.05, 0) is 45.0 Å². The first kappa shape index (κ1) is 12.9. The molecule has 3 heterocycles. The van der Waals surface area contributed by atoms with Gasteiger partial charge in [0, 0.05) is 25.3 Å². The highest BCUT2D eigenvalue weighted by atomic mass is 15.3. The van der Waals surface area contributed by atoms with E-state index in [1.807, 2.05) is 16.9 Å². The van der Waals surface area contributed by atoms with E-state index < -0.39 is 0 Å².